The minimum absolute atomic E-state index is 0.0675. The highest BCUT2D eigenvalue weighted by molar-refractivity contribution is 6.33. The summed E-state index contributed by atoms with van der Waals surface area (Å²) in [6, 6.07) is 0. The largest absolute Gasteiger partial charge is 0.454 e. The summed E-state index contributed by atoms with van der Waals surface area (Å²) in [7, 11) is 0. The lowest BCUT2D eigenvalue weighted by molar-refractivity contribution is -0.162. The summed E-state index contributed by atoms with van der Waals surface area (Å²) in [5.41, 5.74) is -0.659. The Morgan fingerprint density at radius 2 is 1.85 bits per heavy atom. The van der Waals surface area contributed by atoms with Gasteiger partial charge in [0.25, 0.3) is 0 Å². The zero-order valence-corrected chi connectivity index (χ0v) is 8.12. The summed E-state index contributed by atoms with van der Waals surface area (Å²) >= 11 is 0. The molecule has 0 rings (SSSR count). The Kier molecular flexibility index (Phi) is 4.31. The third kappa shape index (κ3) is 6.02. The van der Waals surface area contributed by atoms with E-state index in [1.807, 2.05) is 0 Å². The molecule has 0 atom stereocenters. The SMILES string of the molecule is CC(C)(C)OC(=O)C(=O)CCC=O. The van der Waals surface area contributed by atoms with E-state index in [4.69, 9.17) is 4.74 Å². The molecule has 74 valence electrons. The van der Waals surface area contributed by atoms with Crippen LogP contribution in [0, 0.1) is 0 Å². The summed E-state index contributed by atoms with van der Waals surface area (Å²) in [5.74, 6) is -1.52. The first kappa shape index (κ1) is 11.8. The molecular weight excluding hydrogens is 172 g/mol. The van der Waals surface area contributed by atoms with Gasteiger partial charge in [-0.15, -0.1) is 0 Å². The summed E-state index contributed by atoms with van der Waals surface area (Å²) in [6.45, 7) is 5.04. The Morgan fingerprint density at radius 3 is 2.23 bits per heavy atom. The molecule has 0 aromatic rings. The van der Waals surface area contributed by atoms with Crippen LogP contribution >= 0.6 is 0 Å². The van der Waals surface area contributed by atoms with Gasteiger partial charge in [-0.25, -0.2) is 4.79 Å². The molecule has 0 spiro atoms. The summed E-state index contributed by atoms with van der Waals surface area (Å²) in [4.78, 5) is 31.8. The average molecular weight is 186 g/mol. The smallest absolute Gasteiger partial charge is 0.375 e. The maximum atomic E-state index is 11.0. The van der Waals surface area contributed by atoms with E-state index in [-0.39, 0.29) is 12.8 Å². The second-order valence-corrected chi connectivity index (χ2v) is 3.63. The lowest BCUT2D eigenvalue weighted by atomic mass is 10.2. The zero-order chi connectivity index (χ0) is 10.5. The van der Waals surface area contributed by atoms with Crippen molar-refractivity contribution in [3.63, 3.8) is 0 Å². The molecule has 0 aliphatic heterocycles. The molecule has 0 radical (unpaired) electrons. The maximum Gasteiger partial charge on any atom is 0.375 e. The Morgan fingerprint density at radius 1 is 1.31 bits per heavy atom. The number of carbonyl (C=O) groups is 3. The van der Waals surface area contributed by atoms with Gasteiger partial charge in [-0.05, 0) is 20.8 Å². The molecule has 0 fully saturated rings. The number of ketones is 1. The van der Waals surface area contributed by atoms with Gasteiger partial charge < -0.3 is 9.53 Å². The normalized spacial score (nSPS) is 10.7. The van der Waals surface area contributed by atoms with Crippen LogP contribution in [-0.4, -0.2) is 23.6 Å². The van der Waals surface area contributed by atoms with E-state index in [0.29, 0.717) is 6.29 Å². The first-order valence-corrected chi connectivity index (χ1v) is 4.06. The molecule has 0 unspecified atom stereocenters. The third-order valence-electron chi connectivity index (χ3n) is 1.12. The van der Waals surface area contributed by atoms with Crippen LogP contribution in [0.2, 0.25) is 0 Å². The van der Waals surface area contributed by atoms with Crippen LogP contribution in [0.5, 0.6) is 0 Å². The number of rotatable bonds is 4. The number of hydrogen-bond donors (Lipinski definition) is 0. The highest BCUT2D eigenvalue weighted by Gasteiger charge is 2.21. The van der Waals surface area contributed by atoms with Gasteiger partial charge in [0.1, 0.15) is 11.9 Å². The second-order valence-electron chi connectivity index (χ2n) is 3.63. The van der Waals surface area contributed by atoms with Gasteiger partial charge in [0, 0.05) is 12.8 Å². The van der Waals surface area contributed by atoms with Crippen LogP contribution in [-0.2, 0) is 19.1 Å². The number of Topliss-reactive ketones (excluding diaryl/α,β-unsaturated/α-hetero) is 1. The Balaban J connectivity index is 3.97. The Bertz CT molecular complexity index is 212. The van der Waals surface area contributed by atoms with Crippen molar-refractivity contribution < 1.29 is 19.1 Å². The van der Waals surface area contributed by atoms with Crippen LogP contribution in [0.1, 0.15) is 33.6 Å². The van der Waals surface area contributed by atoms with E-state index < -0.39 is 17.4 Å². The molecule has 0 aliphatic rings. The predicted octanol–water partition coefficient (Wildman–Crippen LogP) is 0.876. The zero-order valence-electron chi connectivity index (χ0n) is 8.12. The number of esters is 1. The van der Waals surface area contributed by atoms with Gasteiger partial charge in [0.15, 0.2) is 0 Å². The molecule has 0 bridgehead atoms. The number of carbonyl (C=O) groups excluding carboxylic acids is 3. The van der Waals surface area contributed by atoms with Crippen molar-refractivity contribution in [1.29, 1.82) is 0 Å². The second kappa shape index (κ2) is 4.74. The molecule has 0 heterocycles. The van der Waals surface area contributed by atoms with Gasteiger partial charge >= 0.3 is 5.97 Å². The van der Waals surface area contributed by atoms with E-state index in [0.717, 1.165) is 0 Å². The molecular formula is C9H14O4. The molecule has 13 heavy (non-hydrogen) atoms. The van der Waals surface area contributed by atoms with Gasteiger partial charge in [0.05, 0.1) is 0 Å². The number of hydrogen-bond acceptors (Lipinski definition) is 4. The van der Waals surface area contributed by atoms with Crippen molar-refractivity contribution in [2.45, 2.75) is 39.2 Å². The van der Waals surface area contributed by atoms with Crippen molar-refractivity contribution in [2.75, 3.05) is 0 Å². The predicted molar refractivity (Wildman–Crippen MR) is 46.2 cm³/mol. The standard InChI is InChI=1S/C9H14O4/c1-9(2,3)13-8(12)7(11)5-4-6-10/h6H,4-5H2,1-3H3. The monoisotopic (exact) mass is 186 g/mol. The quantitative estimate of drug-likeness (QED) is 0.371. The fourth-order valence-electron chi connectivity index (χ4n) is 0.627. The fourth-order valence-corrected chi connectivity index (χ4v) is 0.627. The summed E-state index contributed by atoms with van der Waals surface area (Å²) < 4.78 is 4.79. The molecule has 0 amide bonds. The molecule has 4 nitrogen and oxygen atoms in total. The van der Waals surface area contributed by atoms with Crippen LogP contribution in [0.15, 0.2) is 0 Å². The van der Waals surface area contributed by atoms with Crippen LogP contribution < -0.4 is 0 Å². The van der Waals surface area contributed by atoms with Crippen molar-refractivity contribution in [1.82, 2.24) is 0 Å². The van der Waals surface area contributed by atoms with E-state index >= 15 is 0 Å². The van der Waals surface area contributed by atoms with Crippen molar-refractivity contribution in [2.24, 2.45) is 0 Å². The van der Waals surface area contributed by atoms with E-state index in [1.165, 1.54) is 0 Å². The summed E-state index contributed by atoms with van der Waals surface area (Å²) in [6.07, 6.45) is 0.596. The first-order chi connectivity index (χ1) is 5.87. The molecule has 4 heteroatoms. The van der Waals surface area contributed by atoms with Crippen LogP contribution in [0.4, 0.5) is 0 Å². The van der Waals surface area contributed by atoms with Crippen molar-refractivity contribution >= 4 is 18.0 Å². The van der Waals surface area contributed by atoms with Crippen LogP contribution in [0.25, 0.3) is 0 Å². The van der Waals surface area contributed by atoms with E-state index in [9.17, 15) is 14.4 Å². The highest BCUT2D eigenvalue weighted by atomic mass is 16.6. The lowest BCUT2D eigenvalue weighted by Gasteiger charge is -2.18. The van der Waals surface area contributed by atoms with Gasteiger partial charge in [-0.2, -0.15) is 0 Å². The van der Waals surface area contributed by atoms with Gasteiger partial charge in [-0.1, -0.05) is 0 Å². The van der Waals surface area contributed by atoms with E-state index in [1.54, 1.807) is 20.8 Å². The third-order valence-corrected chi connectivity index (χ3v) is 1.12. The van der Waals surface area contributed by atoms with E-state index in [2.05, 4.69) is 0 Å². The fraction of sp³-hybridized carbons (Fsp3) is 0.667. The molecule has 0 aromatic heterocycles. The van der Waals surface area contributed by atoms with Crippen molar-refractivity contribution in [3.05, 3.63) is 0 Å². The minimum Gasteiger partial charge on any atom is -0.454 e. The highest BCUT2D eigenvalue weighted by Crippen LogP contribution is 2.07. The first-order valence-electron chi connectivity index (χ1n) is 4.06. The molecule has 0 aliphatic carbocycles. The van der Waals surface area contributed by atoms with Crippen LogP contribution in [0.3, 0.4) is 0 Å². The Hall–Kier alpha value is -1.19. The number of ether oxygens (including phenoxy) is 1. The minimum atomic E-state index is -0.866. The lowest BCUT2D eigenvalue weighted by Crippen LogP contribution is -2.28. The summed E-state index contributed by atoms with van der Waals surface area (Å²) in [5, 5.41) is 0. The average Bonchev–Trinajstić information content (AvgIpc) is 1.96. The topological polar surface area (TPSA) is 60.4 Å². The van der Waals surface area contributed by atoms with Gasteiger partial charge in [0.2, 0.25) is 5.78 Å². The Labute approximate surface area is 77.3 Å². The maximum absolute atomic E-state index is 11.0. The molecule has 0 saturated carbocycles. The van der Waals surface area contributed by atoms with Crippen molar-refractivity contribution in [3.8, 4) is 0 Å². The van der Waals surface area contributed by atoms with Gasteiger partial charge in [-0.3, -0.25) is 4.79 Å². The number of aldehydes is 1. The molecule has 0 saturated heterocycles. The molecule has 0 aromatic carbocycles. The molecule has 0 N–H and O–H groups in total.